The van der Waals surface area contributed by atoms with E-state index in [0.29, 0.717) is 0 Å². The maximum Gasteiger partial charge on any atom is 0.313 e. The fourth-order valence-corrected chi connectivity index (χ4v) is 4.73. The largest absolute Gasteiger partial charge is 0.313 e. The molecule has 0 atom stereocenters. The summed E-state index contributed by atoms with van der Waals surface area (Å²) in [5, 5.41) is 0. The van der Waals surface area contributed by atoms with Crippen molar-refractivity contribution in [3.8, 4) is 0 Å². The van der Waals surface area contributed by atoms with Gasteiger partial charge in [-0.3, -0.25) is 0 Å². The topological polar surface area (TPSA) is 0 Å². The maximum atomic E-state index is 14.4. The molecule has 6 rings (SSSR count). The van der Waals surface area contributed by atoms with Crippen LogP contribution in [-0.4, -0.2) is 23.7 Å². The van der Waals surface area contributed by atoms with Gasteiger partial charge in [0.1, 0.15) is 0 Å². The van der Waals surface area contributed by atoms with Gasteiger partial charge < -0.3 is 0 Å². The van der Waals surface area contributed by atoms with E-state index in [1.165, 1.54) is 0 Å². The van der Waals surface area contributed by atoms with Crippen LogP contribution in [0.2, 0.25) is 0 Å². The summed E-state index contributed by atoms with van der Waals surface area (Å²) in [4.78, 5) is 0. The third-order valence-electron chi connectivity index (χ3n) is 6.39. The molecule has 0 spiro atoms. The molecule has 0 saturated heterocycles. The average molecular weight is 364 g/mol. The van der Waals surface area contributed by atoms with E-state index in [0.717, 1.165) is 0 Å². The number of alkyl halides is 8. The second-order valence-corrected chi connectivity index (χ2v) is 7.59. The van der Waals surface area contributed by atoms with Gasteiger partial charge in [-0.2, -0.15) is 35.1 Å². The molecule has 6 aliphatic carbocycles. The summed E-state index contributed by atoms with van der Waals surface area (Å²) in [6.07, 6.45) is -4.58. The van der Waals surface area contributed by atoms with Gasteiger partial charge in [-0.25, -0.2) is 0 Å². The standard InChI is InChI=1S/C16H20F8/c17-13(18)9-1-2-10(4-3-9)14(19,20)16(23,24)12-7-5-11(6-8-12)15(13,21)22/h9-12H,1-8H2. The zero-order chi connectivity index (χ0) is 18.0. The highest BCUT2D eigenvalue weighted by atomic mass is 19.3. The second kappa shape index (κ2) is 5.47. The molecule has 0 nitrogen and oxygen atoms in total. The summed E-state index contributed by atoms with van der Waals surface area (Å²) in [6, 6.07) is 0. The lowest BCUT2D eigenvalue weighted by Crippen LogP contribution is -2.58. The molecule has 0 unspecified atom stereocenters. The van der Waals surface area contributed by atoms with Gasteiger partial charge in [-0.05, 0) is 51.4 Å². The fourth-order valence-electron chi connectivity index (χ4n) is 4.73. The van der Waals surface area contributed by atoms with E-state index in [4.69, 9.17) is 0 Å². The van der Waals surface area contributed by atoms with Crippen LogP contribution in [0.1, 0.15) is 51.4 Å². The Morgan fingerprint density at radius 3 is 0.583 bits per heavy atom. The second-order valence-electron chi connectivity index (χ2n) is 7.59. The van der Waals surface area contributed by atoms with Gasteiger partial charge in [0.2, 0.25) is 0 Å². The molecule has 0 amide bonds. The highest BCUT2D eigenvalue weighted by Crippen LogP contribution is 2.59. The Morgan fingerprint density at radius 1 is 0.333 bits per heavy atom. The Balaban J connectivity index is 2.01. The van der Waals surface area contributed by atoms with Crippen LogP contribution in [0.5, 0.6) is 0 Å². The summed E-state index contributed by atoms with van der Waals surface area (Å²) < 4.78 is 115. The monoisotopic (exact) mass is 364 g/mol. The van der Waals surface area contributed by atoms with Crippen LogP contribution < -0.4 is 0 Å². The highest BCUT2D eigenvalue weighted by molar-refractivity contribution is 5.04. The van der Waals surface area contributed by atoms with Crippen molar-refractivity contribution in [2.75, 3.05) is 0 Å². The Hall–Kier alpha value is -0.560. The lowest BCUT2D eigenvalue weighted by atomic mass is 9.66. The summed E-state index contributed by atoms with van der Waals surface area (Å²) in [5.41, 5.74) is 0. The van der Waals surface area contributed by atoms with Crippen LogP contribution in [0.4, 0.5) is 35.1 Å². The molecule has 0 aromatic carbocycles. The Bertz CT molecular complexity index is 382. The molecule has 0 aromatic rings. The zero-order valence-electron chi connectivity index (χ0n) is 13.0. The lowest BCUT2D eigenvalue weighted by Gasteiger charge is -2.47. The minimum Gasteiger partial charge on any atom is -0.200 e. The van der Waals surface area contributed by atoms with Crippen molar-refractivity contribution in [2.24, 2.45) is 23.7 Å². The Kier molecular flexibility index (Phi) is 4.15. The molecule has 0 aromatic heterocycles. The van der Waals surface area contributed by atoms with E-state index in [1.54, 1.807) is 0 Å². The first-order valence-electron chi connectivity index (χ1n) is 8.43. The molecular weight excluding hydrogens is 344 g/mol. The van der Waals surface area contributed by atoms with E-state index in [9.17, 15) is 35.1 Å². The van der Waals surface area contributed by atoms with Crippen LogP contribution in [0, 0.1) is 23.7 Å². The van der Waals surface area contributed by atoms with Crippen LogP contribution in [0.3, 0.4) is 0 Å². The third kappa shape index (κ3) is 2.37. The number of halogens is 8. The molecular formula is C16H20F8. The van der Waals surface area contributed by atoms with Crippen molar-refractivity contribution in [1.29, 1.82) is 0 Å². The SMILES string of the molecule is FC1(F)C2CCC(CC2)C(F)(F)C(F)(F)C2CCC(CC2)C1(F)F. The molecule has 8 heteroatoms. The van der Waals surface area contributed by atoms with Gasteiger partial charge in [0.25, 0.3) is 0 Å². The van der Waals surface area contributed by atoms with E-state index in [1.807, 2.05) is 0 Å². The number of rotatable bonds is 0. The minimum absolute atomic E-state index is 0.573. The molecule has 0 aliphatic heterocycles. The molecule has 0 N–H and O–H groups in total. The highest BCUT2D eigenvalue weighted by Gasteiger charge is 2.70. The quantitative estimate of drug-likeness (QED) is 0.452. The van der Waals surface area contributed by atoms with Crippen molar-refractivity contribution < 1.29 is 35.1 Å². The number of hydrogen-bond donors (Lipinski definition) is 0. The Labute approximate surface area is 135 Å². The average Bonchev–Trinajstić information content (AvgIpc) is 2.54. The Morgan fingerprint density at radius 2 is 0.458 bits per heavy atom. The molecule has 6 saturated carbocycles. The first-order valence-corrected chi connectivity index (χ1v) is 8.43. The van der Waals surface area contributed by atoms with Crippen LogP contribution >= 0.6 is 0 Å². The fraction of sp³-hybridized carbons (Fsp3) is 1.00. The normalized spacial score (nSPS) is 43.0. The van der Waals surface area contributed by atoms with Gasteiger partial charge >= 0.3 is 23.7 Å². The third-order valence-corrected chi connectivity index (χ3v) is 6.39. The van der Waals surface area contributed by atoms with E-state index in [2.05, 4.69) is 0 Å². The first kappa shape index (κ1) is 18.2. The zero-order valence-corrected chi connectivity index (χ0v) is 13.0. The summed E-state index contributed by atoms with van der Waals surface area (Å²) >= 11 is 0. The molecule has 6 fully saturated rings. The van der Waals surface area contributed by atoms with Crippen LogP contribution in [0.25, 0.3) is 0 Å². The van der Waals surface area contributed by atoms with Crippen LogP contribution in [-0.2, 0) is 0 Å². The van der Waals surface area contributed by atoms with E-state index >= 15 is 0 Å². The van der Waals surface area contributed by atoms with Gasteiger partial charge in [-0.15, -0.1) is 0 Å². The molecule has 4 bridgehead atoms. The summed E-state index contributed by atoms with van der Waals surface area (Å²) in [7, 11) is 0. The van der Waals surface area contributed by atoms with E-state index < -0.39 is 98.7 Å². The van der Waals surface area contributed by atoms with Gasteiger partial charge in [0.15, 0.2) is 0 Å². The molecule has 140 valence electrons. The maximum absolute atomic E-state index is 14.4. The van der Waals surface area contributed by atoms with Gasteiger partial charge in [0, 0.05) is 23.7 Å². The van der Waals surface area contributed by atoms with Crippen LogP contribution in [0.15, 0.2) is 0 Å². The first-order chi connectivity index (χ1) is 10.9. The molecule has 24 heavy (non-hydrogen) atoms. The predicted octanol–water partition coefficient (Wildman–Crippen LogP) is 6.15. The van der Waals surface area contributed by atoms with Gasteiger partial charge in [0.05, 0.1) is 0 Å². The van der Waals surface area contributed by atoms with Crippen molar-refractivity contribution in [3.05, 3.63) is 0 Å². The number of hydrogen-bond acceptors (Lipinski definition) is 0. The smallest absolute Gasteiger partial charge is 0.200 e. The summed E-state index contributed by atoms with van der Waals surface area (Å²) in [5.74, 6) is -24.1. The van der Waals surface area contributed by atoms with Crippen molar-refractivity contribution >= 4 is 0 Å². The molecule has 6 aliphatic rings. The van der Waals surface area contributed by atoms with Crippen molar-refractivity contribution in [1.82, 2.24) is 0 Å². The lowest BCUT2D eigenvalue weighted by molar-refractivity contribution is -0.301. The van der Waals surface area contributed by atoms with Crippen molar-refractivity contribution in [3.63, 3.8) is 0 Å². The molecule has 0 heterocycles. The predicted molar refractivity (Wildman–Crippen MR) is 70.7 cm³/mol. The molecule has 0 radical (unpaired) electrons. The minimum atomic E-state index is -4.29. The van der Waals surface area contributed by atoms with Crippen molar-refractivity contribution in [2.45, 2.75) is 75.1 Å². The van der Waals surface area contributed by atoms with Gasteiger partial charge in [-0.1, -0.05) is 0 Å². The summed E-state index contributed by atoms with van der Waals surface area (Å²) in [6.45, 7) is 0. The van der Waals surface area contributed by atoms with E-state index in [-0.39, 0.29) is 0 Å².